The molecule has 29 heavy (non-hydrogen) atoms. The van der Waals surface area contributed by atoms with Gasteiger partial charge in [-0.1, -0.05) is 13.8 Å². The Kier molecular flexibility index (Phi) is 5.65. The molecule has 3 rings (SSSR count). The van der Waals surface area contributed by atoms with E-state index < -0.39 is 9.84 Å². The van der Waals surface area contributed by atoms with Gasteiger partial charge in [0.05, 0.1) is 26.5 Å². The Morgan fingerprint density at radius 1 is 1.07 bits per heavy atom. The maximum atomic E-state index is 12.2. The fourth-order valence-corrected chi connectivity index (χ4v) is 3.50. The Morgan fingerprint density at radius 2 is 1.79 bits per heavy atom. The van der Waals surface area contributed by atoms with Gasteiger partial charge in [-0.2, -0.15) is 19.6 Å². The molecule has 0 radical (unpaired) electrons. The van der Waals surface area contributed by atoms with Crippen molar-refractivity contribution in [1.29, 1.82) is 0 Å². The van der Waals surface area contributed by atoms with Gasteiger partial charge in [0.15, 0.2) is 5.65 Å². The first-order chi connectivity index (χ1) is 13.7. The highest BCUT2D eigenvalue weighted by molar-refractivity contribution is 7.90. The Hall–Kier alpha value is -2.88. The molecule has 0 aliphatic heterocycles. The molecule has 0 saturated heterocycles. The lowest BCUT2D eigenvalue weighted by atomic mass is 10.1. The molecule has 0 spiro atoms. The van der Waals surface area contributed by atoms with Gasteiger partial charge in [-0.15, -0.1) is 0 Å². The number of aromatic nitrogens is 4. The molecule has 1 atom stereocenters. The van der Waals surface area contributed by atoms with Crippen LogP contribution >= 0.6 is 0 Å². The lowest BCUT2D eigenvalue weighted by Crippen LogP contribution is -2.16. The van der Waals surface area contributed by atoms with Crippen LogP contribution in [0.2, 0.25) is 0 Å². The highest BCUT2D eigenvalue weighted by Crippen LogP contribution is 2.31. The van der Waals surface area contributed by atoms with Crippen molar-refractivity contribution >= 4 is 21.4 Å². The molecule has 1 N–H and O–H groups in total. The first-order valence-electron chi connectivity index (χ1n) is 9.10. The first kappa shape index (κ1) is 20.8. The summed E-state index contributed by atoms with van der Waals surface area (Å²) >= 11 is 0. The van der Waals surface area contributed by atoms with Crippen molar-refractivity contribution in [3.05, 3.63) is 35.5 Å². The third-order valence-electron chi connectivity index (χ3n) is 4.58. The highest BCUT2D eigenvalue weighted by Gasteiger charge is 2.22. The van der Waals surface area contributed by atoms with Crippen molar-refractivity contribution in [3.63, 3.8) is 0 Å². The summed E-state index contributed by atoms with van der Waals surface area (Å²) in [6, 6.07) is 5.20. The number of anilines is 1. The van der Waals surface area contributed by atoms with E-state index in [2.05, 4.69) is 20.4 Å². The highest BCUT2D eigenvalue weighted by atomic mass is 32.2. The molecule has 1 aromatic carbocycles. The van der Waals surface area contributed by atoms with Gasteiger partial charge in [-0.05, 0) is 31.0 Å². The van der Waals surface area contributed by atoms with E-state index >= 15 is 0 Å². The van der Waals surface area contributed by atoms with E-state index in [0.29, 0.717) is 17.1 Å². The Labute approximate surface area is 170 Å². The first-order valence-corrected chi connectivity index (χ1v) is 11.0. The van der Waals surface area contributed by atoms with E-state index in [4.69, 9.17) is 9.47 Å². The zero-order chi connectivity index (χ0) is 21.3. The summed E-state index contributed by atoms with van der Waals surface area (Å²) in [6.07, 6.45) is 2.77. The maximum Gasteiger partial charge on any atom is 0.252 e. The van der Waals surface area contributed by atoms with Crippen molar-refractivity contribution in [1.82, 2.24) is 19.6 Å². The lowest BCUT2D eigenvalue weighted by Gasteiger charge is -2.19. The number of fused-ring (bicyclic) bond motifs is 1. The third kappa shape index (κ3) is 4.12. The van der Waals surface area contributed by atoms with Crippen LogP contribution < -0.4 is 14.8 Å². The van der Waals surface area contributed by atoms with E-state index in [9.17, 15) is 8.42 Å². The summed E-state index contributed by atoms with van der Waals surface area (Å²) in [7, 11) is -0.430. The van der Waals surface area contributed by atoms with Crippen molar-refractivity contribution in [2.24, 2.45) is 0 Å². The second-order valence-corrected chi connectivity index (χ2v) is 8.98. The van der Waals surface area contributed by atoms with Crippen LogP contribution in [0, 0.1) is 0 Å². The minimum absolute atomic E-state index is 0.124. The SMILES string of the molecule is COc1ccc(OC)c([C@H](C)Nc2nc(S(C)(=O)=O)nc3c(C(C)C)cnn23)c1. The van der Waals surface area contributed by atoms with Gasteiger partial charge >= 0.3 is 0 Å². The normalized spacial score (nSPS) is 12.9. The molecular weight excluding hydrogens is 394 g/mol. The van der Waals surface area contributed by atoms with E-state index in [1.165, 1.54) is 4.52 Å². The summed E-state index contributed by atoms with van der Waals surface area (Å²) in [5.74, 6) is 1.75. The standard InChI is InChI=1S/C19H25N5O4S/c1-11(2)15-10-20-24-17(15)22-19(29(6,25)26)23-18(24)21-12(3)14-9-13(27-4)7-8-16(14)28-5/h7-12H,1-6H3,(H,21,22,23)/t12-/m0/s1. The number of methoxy groups -OCH3 is 2. The molecule has 0 aliphatic rings. The molecule has 2 heterocycles. The van der Waals surface area contributed by atoms with E-state index in [0.717, 1.165) is 17.4 Å². The number of sulfone groups is 1. The molecule has 0 fully saturated rings. The van der Waals surface area contributed by atoms with Gasteiger partial charge in [0.1, 0.15) is 11.5 Å². The Bertz CT molecular complexity index is 1140. The van der Waals surface area contributed by atoms with Crippen LogP contribution in [0.4, 0.5) is 5.95 Å². The van der Waals surface area contributed by atoms with Gasteiger partial charge in [-0.25, -0.2) is 8.42 Å². The van der Waals surface area contributed by atoms with Crippen LogP contribution in [0.15, 0.2) is 29.6 Å². The number of hydrogen-bond acceptors (Lipinski definition) is 8. The molecule has 3 aromatic rings. The van der Waals surface area contributed by atoms with Gasteiger partial charge in [0.2, 0.25) is 15.8 Å². The second-order valence-electron chi connectivity index (χ2n) is 7.07. The van der Waals surface area contributed by atoms with Crippen molar-refractivity contribution < 1.29 is 17.9 Å². The fourth-order valence-electron chi connectivity index (χ4n) is 2.99. The molecule has 0 saturated carbocycles. The van der Waals surface area contributed by atoms with E-state index in [1.807, 2.05) is 39.0 Å². The number of ether oxygens (including phenoxy) is 2. The topological polar surface area (TPSA) is 108 Å². The van der Waals surface area contributed by atoms with E-state index in [1.54, 1.807) is 20.4 Å². The Morgan fingerprint density at radius 3 is 2.38 bits per heavy atom. The van der Waals surface area contributed by atoms with Crippen LogP contribution in [0.5, 0.6) is 11.5 Å². The molecule has 156 valence electrons. The molecule has 0 unspecified atom stereocenters. The van der Waals surface area contributed by atoms with Crippen molar-refractivity contribution in [2.45, 2.75) is 37.9 Å². The zero-order valence-corrected chi connectivity index (χ0v) is 18.1. The smallest absolute Gasteiger partial charge is 0.252 e. The summed E-state index contributed by atoms with van der Waals surface area (Å²) < 4.78 is 36.6. The van der Waals surface area contributed by atoms with Crippen LogP contribution in [0.25, 0.3) is 5.65 Å². The fraction of sp³-hybridized carbons (Fsp3) is 0.421. The Balaban J connectivity index is 2.12. The van der Waals surface area contributed by atoms with Crippen LogP contribution in [0.1, 0.15) is 43.9 Å². The average molecular weight is 420 g/mol. The number of nitrogens with zero attached hydrogens (tertiary/aromatic N) is 4. The zero-order valence-electron chi connectivity index (χ0n) is 17.3. The molecule has 0 aliphatic carbocycles. The number of hydrogen-bond donors (Lipinski definition) is 1. The number of benzene rings is 1. The lowest BCUT2D eigenvalue weighted by molar-refractivity contribution is 0.397. The van der Waals surface area contributed by atoms with Gasteiger partial charge in [-0.3, -0.25) is 0 Å². The van der Waals surface area contributed by atoms with Gasteiger partial charge in [0.25, 0.3) is 5.16 Å². The van der Waals surface area contributed by atoms with E-state index in [-0.39, 0.29) is 23.1 Å². The minimum atomic E-state index is -3.61. The average Bonchev–Trinajstić information content (AvgIpc) is 3.11. The molecule has 10 heteroatoms. The summed E-state index contributed by atoms with van der Waals surface area (Å²) in [6.45, 7) is 5.91. The summed E-state index contributed by atoms with van der Waals surface area (Å²) in [5, 5.41) is 7.36. The second kappa shape index (κ2) is 7.86. The third-order valence-corrected chi connectivity index (χ3v) is 5.42. The predicted octanol–water partition coefficient (Wildman–Crippen LogP) is 2.84. The number of rotatable bonds is 7. The van der Waals surface area contributed by atoms with Gasteiger partial charge < -0.3 is 14.8 Å². The van der Waals surface area contributed by atoms with Crippen LogP contribution in [-0.4, -0.2) is 48.5 Å². The molecule has 0 bridgehead atoms. The van der Waals surface area contributed by atoms with Crippen LogP contribution in [-0.2, 0) is 9.84 Å². The van der Waals surface area contributed by atoms with Gasteiger partial charge in [0, 0.05) is 17.4 Å². The molecule has 2 aromatic heterocycles. The number of nitrogens with one attached hydrogen (secondary N) is 1. The largest absolute Gasteiger partial charge is 0.497 e. The van der Waals surface area contributed by atoms with Crippen LogP contribution in [0.3, 0.4) is 0 Å². The monoisotopic (exact) mass is 419 g/mol. The quantitative estimate of drug-likeness (QED) is 0.623. The maximum absolute atomic E-state index is 12.2. The summed E-state index contributed by atoms with van der Waals surface area (Å²) in [5.41, 5.74) is 2.13. The molecule has 0 amide bonds. The molecule has 9 nitrogen and oxygen atoms in total. The van der Waals surface area contributed by atoms with Crippen molar-refractivity contribution in [3.8, 4) is 11.5 Å². The summed E-state index contributed by atoms with van der Waals surface area (Å²) in [4.78, 5) is 8.47. The molecular formula is C19H25N5O4S. The minimum Gasteiger partial charge on any atom is -0.497 e. The predicted molar refractivity (Wildman–Crippen MR) is 110 cm³/mol. The van der Waals surface area contributed by atoms with Crippen molar-refractivity contribution in [2.75, 3.05) is 25.8 Å².